The molecule has 35 heavy (non-hydrogen) atoms. The number of imide groups is 1. The molecule has 1 saturated heterocycles. The highest BCUT2D eigenvalue weighted by atomic mass is 127. The highest BCUT2D eigenvalue weighted by Crippen LogP contribution is 2.40. The van der Waals surface area contributed by atoms with Gasteiger partial charge in [-0.15, -0.1) is 0 Å². The van der Waals surface area contributed by atoms with E-state index in [4.69, 9.17) is 21.1 Å². The summed E-state index contributed by atoms with van der Waals surface area (Å²) < 4.78 is 13.6. The lowest BCUT2D eigenvalue weighted by Crippen LogP contribution is -2.27. The predicted octanol–water partition coefficient (Wildman–Crippen LogP) is 7.92. The molecule has 0 aliphatic carbocycles. The van der Waals surface area contributed by atoms with Crippen molar-refractivity contribution in [1.82, 2.24) is 4.90 Å². The van der Waals surface area contributed by atoms with Crippen LogP contribution in [0.5, 0.6) is 11.5 Å². The molecular formula is C26H20BrClINO4S. The quantitative estimate of drug-likeness (QED) is 0.178. The number of carbonyl (C=O) groups excluding carboxylic acids is 2. The number of ether oxygens (including phenoxy) is 2. The minimum Gasteiger partial charge on any atom is -0.490 e. The molecule has 0 N–H and O–H groups in total. The van der Waals surface area contributed by atoms with Gasteiger partial charge in [0.25, 0.3) is 11.1 Å². The molecule has 0 radical (unpaired) electrons. The van der Waals surface area contributed by atoms with Gasteiger partial charge in [0.1, 0.15) is 6.61 Å². The maximum Gasteiger partial charge on any atom is 0.293 e. The Labute approximate surface area is 235 Å². The fraction of sp³-hybridized carbons (Fsp3) is 0.154. The summed E-state index contributed by atoms with van der Waals surface area (Å²) in [6, 6.07) is 18.8. The number of rotatable bonds is 8. The normalized spacial score (nSPS) is 14.6. The molecule has 1 fully saturated rings. The van der Waals surface area contributed by atoms with Gasteiger partial charge in [0.15, 0.2) is 11.5 Å². The minimum atomic E-state index is -0.310. The van der Waals surface area contributed by atoms with E-state index in [2.05, 4.69) is 38.5 Å². The second-order valence-electron chi connectivity index (χ2n) is 7.57. The Kier molecular flexibility index (Phi) is 8.80. The van der Waals surface area contributed by atoms with Crippen LogP contribution in [-0.4, -0.2) is 22.7 Å². The standard InChI is InChI=1S/C26H20BrClINO4S/c1-2-33-22-12-18(11-21(27)24(22)34-15-17-3-7-19(28)8-4-17)13-23-25(31)30(26(32)35-23)14-16-5-9-20(29)10-6-16/h3-13H,2,14-15H2,1H3/b23-13+. The zero-order chi connectivity index (χ0) is 24.9. The average molecular weight is 685 g/mol. The Hall–Kier alpha value is -2.01. The first kappa shape index (κ1) is 26.1. The lowest BCUT2D eigenvalue weighted by molar-refractivity contribution is -0.123. The van der Waals surface area contributed by atoms with Crippen LogP contribution in [0.15, 0.2) is 70.0 Å². The van der Waals surface area contributed by atoms with Crippen molar-refractivity contribution in [1.29, 1.82) is 0 Å². The zero-order valence-corrected chi connectivity index (χ0v) is 23.9. The van der Waals surface area contributed by atoms with Crippen LogP contribution < -0.4 is 9.47 Å². The van der Waals surface area contributed by atoms with Gasteiger partial charge < -0.3 is 9.47 Å². The van der Waals surface area contributed by atoms with Crippen LogP contribution in [0.2, 0.25) is 5.02 Å². The van der Waals surface area contributed by atoms with Crippen LogP contribution in [0.25, 0.3) is 6.08 Å². The molecule has 0 unspecified atom stereocenters. The Morgan fingerprint density at radius 2 is 1.71 bits per heavy atom. The summed E-state index contributed by atoms with van der Waals surface area (Å²) in [5, 5.41) is 0.379. The van der Waals surface area contributed by atoms with Crippen molar-refractivity contribution in [3.8, 4) is 11.5 Å². The summed E-state index contributed by atoms with van der Waals surface area (Å²) in [4.78, 5) is 27.2. The third-order valence-corrected chi connectivity index (χ3v) is 7.52. The predicted molar refractivity (Wildman–Crippen MR) is 152 cm³/mol. The maximum absolute atomic E-state index is 13.0. The smallest absolute Gasteiger partial charge is 0.293 e. The van der Waals surface area contributed by atoms with Crippen LogP contribution in [0, 0.1) is 3.57 Å². The molecular weight excluding hydrogens is 665 g/mol. The van der Waals surface area contributed by atoms with Gasteiger partial charge in [-0.25, -0.2) is 0 Å². The number of hydrogen-bond acceptors (Lipinski definition) is 5. The topological polar surface area (TPSA) is 55.8 Å². The number of amides is 2. The molecule has 3 aromatic carbocycles. The second kappa shape index (κ2) is 11.8. The van der Waals surface area contributed by atoms with Gasteiger partial charge in [-0.1, -0.05) is 35.9 Å². The van der Waals surface area contributed by atoms with Crippen molar-refractivity contribution in [3.05, 3.63) is 95.3 Å². The van der Waals surface area contributed by atoms with Crippen molar-refractivity contribution >= 4 is 79.1 Å². The van der Waals surface area contributed by atoms with Crippen LogP contribution in [0.3, 0.4) is 0 Å². The van der Waals surface area contributed by atoms with E-state index < -0.39 is 0 Å². The highest BCUT2D eigenvalue weighted by Gasteiger charge is 2.35. The lowest BCUT2D eigenvalue weighted by Gasteiger charge is -2.15. The summed E-state index contributed by atoms with van der Waals surface area (Å²) in [7, 11) is 0. The molecule has 9 heteroatoms. The zero-order valence-electron chi connectivity index (χ0n) is 18.6. The Bertz CT molecular complexity index is 1280. The van der Waals surface area contributed by atoms with E-state index in [1.807, 2.05) is 61.5 Å². The molecule has 0 aromatic heterocycles. The molecule has 0 spiro atoms. The molecule has 1 aliphatic rings. The molecule has 1 aliphatic heterocycles. The van der Waals surface area contributed by atoms with Crippen LogP contribution in [0.4, 0.5) is 4.79 Å². The largest absolute Gasteiger partial charge is 0.490 e. The van der Waals surface area contributed by atoms with Gasteiger partial charge in [-0.3, -0.25) is 14.5 Å². The summed E-state index contributed by atoms with van der Waals surface area (Å²) in [6.45, 7) is 2.91. The van der Waals surface area contributed by atoms with Crippen molar-refractivity contribution in [2.45, 2.75) is 20.1 Å². The van der Waals surface area contributed by atoms with Crippen molar-refractivity contribution in [2.24, 2.45) is 0 Å². The fourth-order valence-corrected chi connectivity index (χ4v) is 5.27. The summed E-state index contributed by atoms with van der Waals surface area (Å²) >= 11 is 12.7. The van der Waals surface area contributed by atoms with Crippen LogP contribution >= 0.6 is 61.9 Å². The molecule has 0 atom stereocenters. The van der Waals surface area contributed by atoms with E-state index >= 15 is 0 Å². The molecule has 1 heterocycles. The van der Waals surface area contributed by atoms with E-state index in [0.717, 1.165) is 32.0 Å². The molecule has 0 saturated carbocycles. The van der Waals surface area contributed by atoms with E-state index in [0.29, 0.717) is 39.1 Å². The van der Waals surface area contributed by atoms with Gasteiger partial charge in [0.05, 0.1) is 22.5 Å². The van der Waals surface area contributed by atoms with Gasteiger partial charge in [-0.05, 0) is 116 Å². The van der Waals surface area contributed by atoms with Gasteiger partial charge >= 0.3 is 0 Å². The molecule has 2 amide bonds. The van der Waals surface area contributed by atoms with Gasteiger partial charge in [0, 0.05) is 8.59 Å². The monoisotopic (exact) mass is 683 g/mol. The second-order valence-corrected chi connectivity index (χ2v) is 11.1. The fourth-order valence-electron chi connectivity index (χ4n) is 3.37. The van der Waals surface area contributed by atoms with Crippen LogP contribution in [0.1, 0.15) is 23.6 Å². The molecule has 180 valence electrons. The summed E-state index contributed by atoms with van der Waals surface area (Å²) in [5.41, 5.74) is 2.59. The summed E-state index contributed by atoms with van der Waals surface area (Å²) in [6.07, 6.45) is 1.70. The number of hydrogen-bond donors (Lipinski definition) is 0. The molecule has 4 rings (SSSR count). The SMILES string of the molecule is CCOc1cc(/C=C2/SC(=O)N(Cc3ccc(I)cc3)C2=O)cc(Br)c1OCc1ccc(Cl)cc1. The Morgan fingerprint density at radius 1 is 1.03 bits per heavy atom. The van der Waals surface area contributed by atoms with Crippen molar-refractivity contribution < 1.29 is 19.1 Å². The van der Waals surface area contributed by atoms with E-state index in [-0.39, 0.29) is 17.7 Å². The van der Waals surface area contributed by atoms with E-state index in [9.17, 15) is 9.59 Å². The number of benzene rings is 3. The Morgan fingerprint density at radius 3 is 2.40 bits per heavy atom. The average Bonchev–Trinajstić information content (AvgIpc) is 3.08. The van der Waals surface area contributed by atoms with E-state index in [1.165, 1.54) is 4.90 Å². The summed E-state index contributed by atoms with van der Waals surface area (Å²) in [5.74, 6) is 0.793. The molecule has 5 nitrogen and oxygen atoms in total. The van der Waals surface area contributed by atoms with E-state index in [1.54, 1.807) is 12.1 Å². The Balaban J connectivity index is 1.54. The third-order valence-electron chi connectivity index (χ3n) is 5.05. The van der Waals surface area contributed by atoms with Crippen LogP contribution in [-0.2, 0) is 17.9 Å². The molecule has 3 aromatic rings. The van der Waals surface area contributed by atoms with Gasteiger partial charge in [-0.2, -0.15) is 0 Å². The minimum absolute atomic E-state index is 0.240. The number of nitrogens with zero attached hydrogens (tertiary/aromatic N) is 1. The van der Waals surface area contributed by atoms with Gasteiger partial charge in [0.2, 0.25) is 0 Å². The number of thioether (sulfide) groups is 1. The lowest BCUT2D eigenvalue weighted by atomic mass is 10.1. The van der Waals surface area contributed by atoms with Crippen molar-refractivity contribution in [2.75, 3.05) is 6.61 Å². The first-order valence-corrected chi connectivity index (χ1v) is 13.7. The first-order valence-electron chi connectivity index (χ1n) is 10.7. The maximum atomic E-state index is 13.0. The first-order chi connectivity index (χ1) is 16.8. The highest BCUT2D eigenvalue weighted by molar-refractivity contribution is 14.1. The third kappa shape index (κ3) is 6.61. The molecule has 0 bridgehead atoms. The number of carbonyl (C=O) groups is 2. The van der Waals surface area contributed by atoms with Crippen molar-refractivity contribution in [3.63, 3.8) is 0 Å². The number of halogens is 3.